The van der Waals surface area contributed by atoms with Crippen LogP contribution in [0.25, 0.3) is 0 Å². The maximum absolute atomic E-state index is 11.5. The number of esters is 1. The van der Waals surface area contributed by atoms with E-state index in [2.05, 4.69) is 5.92 Å². The van der Waals surface area contributed by atoms with Gasteiger partial charge in [-0.3, -0.25) is 4.79 Å². The van der Waals surface area contributed by atoms with Gasteiger partial charge in [0.2, 0.25) is 5.91 Å². The van der Waals surface area contributed by atoms with Gasteiger partial charge in [-0.1, -0.05) is 5.92 Å². The Balaban J connectivity index is 2.61. The van der Waals surface area contributed by atoms with Crippen LogP contribution < -0.4 is 0 Å². The van der Waals surface area contributed by atoms with Crippen molar-refractivity contribution < 1.29 is 14.3 Å². The molecule has 0 bridgehead atoms. The van der Waals surface area contributed by atoms with E-state index < -0.39 is 6.04 Å². The summed E-state index contributed by atoms with van der Waals surface area (Å²) >= 11 is 0. The first-order valence-corrected chi connectivity index (χ1v) is 5.10. The third-order valence-electron chi connectivity index (χ3n) is 2.39. The van der Waals surface area contributed by atoms with Crippen LogP contribution in [0, 0.1) is 12.3 Å². The molecule has 0 aromatic rings. The zero-order valence-corrected chi connectivity index (χ0v) is 8.86. The van der Waals surface area contributed by atoms with Gasteiger partial charge in [0.15, 0.2) is 0 Å². The molecule has 1 amide bonds. The van der Waals surface area contributed by atoms with Crippen molar-refractivity contribution in [3.8, 4) is 12.3 Å². The fourth-order valence-electron chi connectivity index (χ4n) is 1.74. The summed E-state index contributed by atoms with van der Waals surface area (Å²) in [6.07, 6.45) is 6.62. The lowest BCUT2D eigenvalue weighted by atomic mass is 10.2. The summed E-state index contributed by atoms with van der Waals surface area (Å²) in [7, 11) is 0. The molecule has 0 spiro atoms. The molecule has 0 radical (unpaired) electrons. The highest BCUT2D eigenvalue weighted by Crippen LogP contribution is 2.19. The average Bonchev–Trinajstić information content (AvgIpc) is 2.66. The largest absolute Gasteiger partial charge is 0.464 e. The molecule has 82 valence electrons. The minimum atomic E-state index is -0.425. The quantitative estimate of drug-likeness (QED) is 0.504. The number of amides is 1. The van der Waals surface area contributed by atoms with Crippen LogP contribution in [0.15, 0.2) is 0 Å². The van der Waals surface area contributed by atoms with Crippen LogP contribution in [0.5, 0.6) is 0 Å². The lowest BCUT2D eigenvalue weighted by Crippen LogP contribution is -2.41. The zero-order valence-electron chi connectivity index (χ0n) is 8.86. The van der Waals surface area contributed by atoms with Crippen molar-refractivity contribution in [1.82, 2.24) is 4.90 Å². The molecule has 1 atom stereocenters. The number of hydrogen-bond acceptors (Lipinski definition) is 3. The number of rotatable bonds is 3. The van der Waals surface area contributed by atoms with E-state index >= 15 is 0 Å². The van der Waals surface area contributed by atoms with Crippen molar-refractivity contribution in [2.24, 2.45) is 0 Å². The summed E-state index contributed by atoms with van der Waals surface area (Å²) in [6.45, 7) is 2.69. The van der Waals surface area contributed by atoms with E-state index in [1.807, 2.05) is 0 Å². The van der Waals surface area contributed by atoms with Gasteiger partial charge in [-0.15, -0.1) is 6.42 Å². The van der Waals surface area contributed by atoms with Gasteiger partial charge in [0.05, 0.1) is 13.0 Å². The minimum absolute atomic E-state index is 0.0515. The van der Waals surface area contributed by atoms with E-state index in [0.717, 1.165) is 6.42 Å². The summed E-state index contributed by atoms with van der Waals surface area (Å²) in [4.78, 5) is 24.6. The number of likely N-dealkylation sites (tertiary alicyclic amines) is 1. The number of ether oxygens (including phenoxy) is 1. The molecule has 4 heteroatoms. The Morgan fingerprint density at radius 3 is 2.93 bits per heavy atom. The minimum Gasteiger partial charge on any atom is -0.464 e. The fraction of sp³-hybridized carbons (Fsp3) is 0.636. The number of terminal acetylenes is 1. The molecule has 0 saturated carbocycles. The van der Waals surface area contributed by atoms with Crippen molar-refractivity contribution in [2.75, 3.05) is 13.2 Å². The van der Waals surface area contributed by atoms with Crippen molar-refractivity contribution in [2.45, 2.75) is 32.2 Å². The molecule has 1 rings (SSSR count). The lowest BCUT2D eigenvalue weighted by molar-refractivity contribution is -0.152. The summed E-state index contributed by atoms with van der Waals surface area (Å²) in [5, 5.41) is 0. The molecule has 1 saturated heterocycles. The second-order valence-corrected chi connectivity index (χ2v) is 3.38. The Bertz CT molecular complexity index is 293. The maximum atomic E-state index is 11.5. The van der Waals surface area contributed by atoms with Crippen LogP contribution >= 0.6 is 0 Å². The smallest absolute Gasteiger partial charge is 0.328 e. The third kappa shape index (κ3) is 2.72. The maximum Gasteiger partial charge on any atom is 0.328 e. The molecule has 1 aliphatic heterocycles. The van der Waals surface area contributed by atoms with Crippen LogP contribution in [-0.2, 0) is 14.3 Å². The standard InChI is InChI=1S/C11H15NO3/c1-3-6-10(13)12-8-5-7-9(12)11(14)15-4-2/h1,9H,4-8H2,2H3. The molecule has 15 heavy (non-hydrogen) atoms. The predicted molar refractivity (Wildman–Crippen MR) is 54.8 cm³/mol. The average molecular weight is 209 g/mol. The first kappa shape index (κ1) is 11.6. The third-order valence-corrected chi connectivity index (χ3v) is 2.39. The molecule has 4 nitrogen and oxygen atoms in total. The van der Waals surface area contributed by atoms with Gasteiger partial charge < -0.3 is 9.64 Å². The van der Waals surface area contributed by atoms with Crippen molar-refractivity contribution >= 4 is 11.9 Å². The number of carbonyl (C=O) groups is 2. The summed E-state index contributed by atoms with van der Waals surface area (Å²) in [5.41, 5.74) is 0. The van der Waals surface area contributed by atoms with E-state index in [-0.39, 0.29) is 18.3 Å². The molecular formula is C11H15NO3. The summed E-state index contributed by atoms with van der Waals surface area (Å²) in [5.74, 6) is 1.81. The Morgan fingerprint density at radius 1 is 1.60 bits per heavy atom. The SMILES string of the molecule is C#CCC(=O)N1CCCC1C(=O)OCC. The van der Waals surface area contributed by atoms with E-state index in [9.17, 15) is 9.59 Å². The lowest BCUT2D eigenvalue weighted by Gasteiger charge is -2.22. The van der Waals surface area contributed by atoms with Crippen LogP contribution in [0.1, 0.15) is 26.2 Å². The van der Waals surface area contributed by atoms with Crippen molar-refractivity contribution in [1.29, 1.82) is 0 Å². The summed E-state index contributed by atoms with van der Waals surface area (Å²) < 4.78 is 4.90. The number of carbonyl (C=O) groups excluding carboxylic acids is 2. The molecule has 1 aliphatic rings. The second kappa shape index (κ2) is 5.40. The first-order valence-electron chi connectivity index (χ1n) is 5.10. The first-order chi connectivity index (χ1) is 7.20. The van der Waals surface area contributed by atoms with Gasteiger partial charge >= 0.3 is 5.97 Å². The van der Waals surface area contributed by atoms with E-state index in [0.29, 0.717) is 19.6 Å². The van der Waals surface area contributed by atoms with Gasteiger partial charge in [-0.2, -0.15) is 0 Å². The molecule has 1 heterocycles. The zero-order chi connectivity index (χ0) is 11.3. The molecule has 0 N–H and O–H groups in total. The summed E-state index contributed by atoms with van der Waals surface area (Å²) in [6, 6.07) is -0.425. The second-order valence-electron chi connectivity index (χ2n) is 3.38. The number of hydrogen-bond donors (Lipinski definition) is 0. The van der Waals surface area contributed by atoms with Crippen LogP contribution in [-0.4, -0.2) is 36.0 Å². The van der Waals surface area contributed by atoms with Gasteiger partial charge in [0.25, 0.3) is 0 Å². The molecule has 1 unspecified atom stereocenters. The van der Waals surface area contributed by atoms with E-state index in [1.165, 1.54) is 4.90 Å². The molecule has 0 aromatic carbocycles. The van der Waals surface area contributed by atoms with E-state index in [4.69, 9.17) is 11.2 Å². The Hall–Kier alpha value is -1.50. The fourth-order valence-corrected chi connectivity index (χ4v) is 1.74. The van der Waals surface area contributed by atoms with Crippen LogP contribution in [0.4, 0.5) is 0 Å². The van der Waals surface area contributed by atoms with E-state index in [1.54, 1.807) is 6.92 Å². The van der Waals surface area contributed by atoms with Crippen LogP contribution in [0.3, 0.4) is 0 Å². The van der Waals surface area contributed by atoms with Gasteiger partial charge in [0.1, 0.15) is 6.04 Å². The Kier molecular flexibility index (Phi) is 4.17. The monoisotopic (exact) mass is 209 g/mol. The molecule has 0 aromatic heterocycles. The molecule has 0 aliphatic carbocycles. The highest BCUT2D eigenvalue weighted by atomic mass is 16.5. The van der Waals surface area contributed by atoms with Crippen molar-refractivity contribution in [3.63, 3.8) is 0 Å². The Labute approximate surface area is 89.6 Å². The predicted octanol–water partition coefficient (Wildman–Crippen LogP) is 0.564. The Morgan fingerprint density at radius 2 is 2.33 bits per heavy atom. The van der Waals surface area contributed by atoms with Gasteiger partial charge in [-0.05, 0) is 19.8 Å². The normalized spacial score (nSPS) is 19.7. The molecular weight excluding hydrogens is 194 g/mol. The van der Waals surface area contributed by atoms with Crippen LogP contribution in [0.2, 0.25) is 0 Å². The van der Waals surface area contributed by atoms with Gasteiger partial charge in [0, 0.05) is 6.54 Å². The van der Waals surface area contributed by atoms with Crippen molar-refractivity contribution in [3.05, 3.63) is 0 Å². The van der Waals surface area contributed by atoms with Gasteiger partial charge in [-0.25, -0.2) is 4.79 Å². The molecule has 1 fully saturated rings. The highest BCUT2D eigenvalue weighted by molar-refractivity contribution is 5.86. The topological polar surface area (TPSA) is 46.6 Å². The highest BCUT2D eigenvalue weighted by Gasteiger charge is 2.34. The number of nitrogens with zero attached hydrogens (tertiary/aromatic N) is 1.